The Bertz CT molecular complexity index is 807. The van der Waals surface area contributed by atoms with Gasteiger partial charge in [0.25, 0.3) is 0 Å². The molecule has 0 radical (unpaired) electrons. The van der Waals surface area contributed by atoms with Gasteiger partial charge in [0, 0.05) is 29.8 Å². The third-order valence-corrected chi connectivity index (χ3v) is 4.53. The van der Waals surface area contributed by atoms with Crippen molar-refractivity contribution < 1.29 is 14.2 Å². The average molecular weight is 372 g/mol. The molecule has 2 aromatic carbocycles. The lowest BCUT2D eigenvalue weighted by Crippen LogP contribution is -2.42. The van der Waals surface area contributed by atoms with E-state index in [0.29, 0.717) is 5.11 Å². The van der Waals surface area contributed by atoms with Gasteiger partial charge in [-0.3, -0.25) is 0 Å². The van der Waals surface area contributed by atoms with Crippen molar-refractivity contribution in [2.45, 2.75) is 31.9 Å². The van der Waals surface area contributed by atoms with Gasteiger partial charge in [-0.15, -0.1) is 0 Å². The smallest absolute Gasteiger partial charge is 0.171 e. The number of rotatable bonds is 4. The quantitative estimate of drug-likeness (QED) is 0.781. The molecular formula is C20H24N2O3S. The Labute approximate surface area is 159 Å². The maximum atomic E-state index is 6.12. The lowest BCUT2D eigenvalue weighted by Gasteiger charge is -2.38. The highest BCUT2D eigenvalue weighted by Crippen LogP contribution is 2.41. The van der Waals surface area contributed by atoms with Crippen LogP contribution >= 0.6 is 12.2 Å². The van der Waals surface area contributed by atoms with Gasteiger partial charge in [0.05, 0.1) is 20.3 Å². The molecule has 1 heterocycles. The molecule has 138 valence electrons. The Morgan fingerprint density at radius 2 is 1.85 bits per heavy atom. The predicted molar refractivity (Wildman–Crippen MR) is 107 cm³/mol. The van der Waals surface area contributed by atoms with Crippen LogP contribution in [0.5, 0.6) is 17.2 Å². The topological polar surface area (TPSA) is 51.8 Å². The van der Waals surface area contributed by atoms with E-state index in [4.69, 9.17) is 26.4 Å². The molecule has 3 rings (SSSR count). The number of ether oxygens (including phenoxy) is 3. The van der Waals surface area contributed by atoms with Gasteiger partial charge in [0.15, 0.2) is 5.11 Å². The minimum atomic E-state index is -0.303. The molecule has 0 saturated heterocycles. The largest absolute Gasteiger partial charge is 0.497 e. The molecule has 0 saturated carbocycles. The first kappa shape index (κ1) is 18.3. The normalized spacial score (nSPS) is 17.5. The van der Waals surface area contributed by atoms with Crippen LogP contribution in [0.1, 0.15) is 31.9 Å². The molecule has 0 amide bonds. The average Bonchev–Trinajstić information content (AvgIpc) is 2.60. The third kappa shape index (κ3) is 4.19. The summed E-state index contributed by atoms with van der Waals surface area (Å²) in [7, 11) is 3.30. The minimum Gasteiger partial charge on any atom is -0.497 e. The zero-order valence-corrected chi connectivity index (χ0v) is 16.3. The first-order chi connectivity index (χ1) is 12.4. The van der Waals surface area contributed by atoms with Crippen molar-refractivity contribution in [2.24, 2.45) is 0 Å². The van der Waals surface area contributed by atoms with Gasteiger partial charge in [0.1, 0.15) is 22.8 Å². The van der Waals surface area contributed by atoms with Crippen molar-refractivity contribution in [3.63, 3.8) is 0 Å². The van der Waals surface area contributed by atoms with Crippen LogP contribution in [-0.4, -0.2) is 24.9 Å². The molecule has 0 aromatic heterocycles. The zero-order chi connectivity index (χ0) is 18.7. The van der Waals surface area contributed by atoms with E-state index in [0.717, 1.165) is 34.9 Å². The SMILES string of the molecule is COc1cccc(NC(=S)N[C@@H]2CC(C)(C)Oc3cc(OC)ccc32)c1. The van der Waals surface area contributed by atoms with Crippen molar-refractivity contribution in [2.75, 3.05) is 19.5 Å². The second-order valence-corrected chi connectivity index (χ2v) is 7.26. The summed E-state index contributed by atoms with van der Waals surface area (Å²) in [4.78, 5) is 0. The van der Waals surface area contributed by atoms with E-state index in [-0.39, 0.29) is 11.6 Å². The van der Waals surface area contributed by atoms with Crippen LogP contribution in [0.15, 0.2) is 42.5 Å². The van der Waals surface area contributed by atoms with Crippen LogP contribution in [0.3, 0.4) is 0 Å². The molecule has 26 heavy (non-hydrogen) atoms. The number of thiocarbonyl (C=S) groups is 1. The maximum Gasteiger partial charge on any atom is 0.171 e. The van der Waals surface area contributed by atoms with E-state index >= 15 is 0 Å². The molecule has 1 aliphatic rings. The Balaban J connectivity index is 1.77. The standard InChI is InChI=1S/C20H24N2O3S/c1-20(2)12-17(16-9-8-15(24-4)11-18(16)25-20)22-19(26)21-13-6-5-7-14(10-13)23-3/h5-11,17H,12H2,1-4H3,(H2,21,22,26)/t17-/m1/s1. The van der Waals surface area contributed by atoms with E-state index in [1.807, 2.05) is 42.5 Å². The second-order valence-electron chi connectivity index (χ2n) is 6.85. The molecule has 0 spiro atoms. The summed E-state index contributed by atoms with van der Waals surface area (Å²) >= 11 is 5.52. The highest BCUT2D eigenvalue weighted by molar-refractivity contribution is 7.80. The highest BCUT2D eigenvalue weighted by atomic mass is 32.1. The summed E-state index contributed by atoms with van der Waals surface area (Å²) < 4.78 is 16.7. The van der Waals surface area contributed by atoms with E-state index < -0.39 is 0 Å². The van der Waals surface area contributed by atoms with Crippen LogP contribution in [0.25, 0.3) is 0 Å². The molecule has 2 N–H and O–H groups in total. The third-order valence-electron chi connectivity index (χ3n) is 4.31. The number of hydrogen-bond donors (Lipinski definition) is 2. The van der Waals surface area contributed by atoms with Gasteiger partial charge in [-0.25, -0.2) is 0 Å². The number of hydrogen-bond acceptors (Lipinski definition) is 4. The highest BCUT2D eigenvalue weighted by Gasteiger charge is 2.34. The zero-order valence-electron chi connectivity index (χ0n) is 15.5. The first-order valence-electron chi connectivity index (χ1n) is 8.49. The van der Waals surface area contributed by atoms with Crippen LogP contribution in [0, 0.1) is 0 Å². The van der Waals surface area contributed by atoms with Crippen LogP contribution in [0.2, 0.25) is 0 Å². The maximum absolute atomic E-state index is 6.12. The van der Waals surface area contributed by atoms with Crippen LogP contribution in [0.4, 0.5) is 5.69 Å². The first-order valence-corrected chi connectivity index (χ1v) is 8.89. The Kier molecular flexibility index (Phi) is 5.23. The van der Waals surface area contributed by atoms with Crippen molar-refractivity contribution in [3.8, 4) is 17.2 Å². The van der Waals surface area contributed by atoms with E-state index in [1.165, 1.54) is 0 Å². The molecule has 5 nitrogen and oxygen atoms in total. The Morgan fingerprint density at radius 1 is 1.12 bits per heavy atom. The number of nitrogens with one attached hydrogen (secondary N) is 2. The number of methoxy groups -OCH3 is 2. The summed E-state index contributed by atoms with van der Waals surface area (Å²) in [5.74, 6) is 2.38. The van der Waals surface area contributed by atoms with Gasteiger partial charge in [-0.2, -0.15) is 0 Å². The molecule has 1 atom stereocenters. The molecule has 0 unspecified atom stereocenters. The summed E-state index contributed by atoms with van der Waals surface area (Å²) in [6.07, 6.45) is 0.798. The fraction of sp³-hybridized carbons (Fsp3) is 0.350. The fourth-order valence-corrected chi connectivity index (χ4v) is 3.37. The van der Waals surface area contributed by atoms with Crippen molar-refractivity contribution in [1.82, 2.24) is 5.32 Å². The molecule has 0 bridgehead atoms. The van der Waals surface area contributed by atoms with Crippen molar-refractivity contribution in [1.29, 1.82) is 0 Å². The monoisotopic (exact) mass is 372 g/mol. The molecule has 1 aliphatic heterocycles. The molecule has 0 aliphatic carbocycles. The summed E-state index contributed by atoms with van der Waals surface area (Å²) in [5, 5.41) is 7.19. The van der Waals surface area contributed by atoms with E-state index in [2.05, 4.69) is 24.5 Å². The summed E-state index contributed by atoms with van der Waals surface area (Å²) in [6.45, 7) is 4.14. The van der Waals surface area contributed by atoms with Gasteiger partial charge in [0.2, 0.25) is 0 Å². The van der Waals surface area contributed by atoms with Gasteiger partial charge in [-0.05, 0) is 50.3 Å². The van der Waals surface area contributed by atoms with Gasteiger partial charge < -0.3 is 24.8 Å². The number of anilines is 1. The number of fused-ring (bicyclic) bond motifs is 1. The summed E-state index contributed by atoms with van der Waals surface area (Å²) in [6, 6.07) is 13.6. The lowest BCUT2D eigenvalue weighted by molar-refractivity contribution is 0.0693. The van der Waals surface area contributed by atoms with E-state index in [1.54, 1.807) is 14.2 Å². The molecular weight excluding hydrogens is 348 g/mol. The van der Waals surface area contributed by atoms with Gasteiger partial charge in [-0.1, -0.05) is 6.07 Å². The molecule has 6 heteroatoms. The van der Waals surface area contributed by atoms with Crippen molar-refractivity contribution >= 4 is 23.0 Å². The second kappa shape index (κ2) is 7.41. The van der Waals surface area contributed by atoms with Crippen molar-refractivity contribution in [3.05, 3.63) is 48.0 Å². The molecule has 2 aromatic rings. The lowest BCUT2D eigenvalue weighted by atomic mass is 9.89. The fourth-order valence-electron chi connectivity index (χ4n) is 3.11. The summed E-state index contributed by atoms with van der Waals surface area (Å²) in [5.41, 5.74) is 1.64. The minimum absolute atomic E-state index is 0.0465. The molecule has 0 fully saturated rings. The van der Waals surface area contributed by atoms with Crippen LogP contribution < -0.4 is 24.8 Å². The predicted octanol–water partition coefficient (Wildman–Crippen LogP) is 4.29. The van der Waals surface area contributed by atoms with E-state index in [9.17, 15) is 0 Å². The Morgan fingerprint density at radius 3 is 2.58 bits per heavy atom. The van der Waals surface area contributed by atoms with Crippen LogP contribution in [-0.2, 0) is 0 Å². The number of benzene rings is 2. The Hall–Kier alpha value is -2.47. The van der Waals surface area contributed by atoms with Gasteiger partial charge >= 0.3 is 0 Å².